The predicted molar refractivity (Wildman–Crippen MR) is 49.7 cm³/mol. The van der Waals surface area contributed by atoms with Crippen LogP contribution in [0.3, 0.4) is 0 Å². The van der Waals surface area contributed by atoms with Gasteiger partial charge in [0, 0.05) is 11.1 Å². The number of rotatable bonds is 3. The molecule has 0 aliphatic rings. The summed E-state index contributed by atoms with van der Waals surface area (Å²) in [6.45, 7) is 4.61. The average Bonchev–Trinajstić information content (AvgIpc) is 2.65. The van der Waals surface area contributed by atoms with Gasteiger partial charge in [-0.05, 0) is 13.0 Å². The van der Waals surface area contributed by atoms with Crippen molar-refractivity contribution in [1.82, 2.24) is 10.1 Å². The molecule has 0 unspecified atom stereocenters. The van der Waals surface area contributed by atoms with Gasteiger partial charge in [-0.25, -0.2) is 4.79 Å². The van der Waals surface area contributed by atoms with Crippen LogP contribution in [0, 0.1) is 0 Å². The Bertz CT molecular complexity index is 488. The zero-order valence-electron chi connectivity index (χ0n) is 8.58. The summed E-state index contributed by atoms with van der Waals surface area (Å²) >= 11 is 0. The zero-order chi connectivity index (χ0) is 13.2. The van der Waals surface area contributed by atoms with Crippen LogP contribution in [0.25, 0.3) is 5.57 Å². The van der Waals surface area contributed by atoms with Gasteiger partial charge in [0.05, 0.1) is 0 Å². The number of carboxylic acid groups (broad SMARTS) is 1. The number of aromatic nitrogens is 2. The van der Waals surface area contributed by atoms with Gasteiger partial charge in [0.2, 0.25) is 5.82 Å². The fourth-order valence-corrected chi connectivity index (χ4v) is 0.857. The van der Waals surface area contributed by atoms with E-state index in [9.17, 15) is 18.0 Å². The topological polar surface area (TPSA) is 76.2 Å². The van der Waals surface area contributed by atoms with Gasteiger partial charge in [-0.2, -0.15) is 18.2 Å². The maximum Gasteiger partial charge on any atom is 0.471 e. The molecule has 0 saturated carbocycles. The number of alkyl halides is 3. The third kappa shape index (κ3) is 3.16. The van der Waals surface area contributed by atoms with Crippen LogP contribution >= 0.6 is 0 Å². The molecule has 8 heteroatoms. The van der Waals surface area contributed by atoms with E-state index in [0.29, 0.717) is 0 Å². The SMILES string of the molecule is C=C(/C=C(\C)C(=O)O)c1noc(C(F)(F)F)n1. The van der Waals surface area contributed by atoms with Crippen molar-refractivity contribution in [3.63, 3.8) is 0 Å². The van der Waals surface area contributed by atoms with E-state index in [2.05, 4.69) is 21.2 Å². The molecule has 1 aromatic heterocycles. The van der Waals surface area contributed by atoms with Crippen molar-refractivity contribution in [3.8, 4) is 0 Å². The van der Waals surface area contributed by atoms with Crippen molar-refractivity contribution in [1.29, 1.82) is 0 Å². The van der Waals surface area contributed by atoms with E-state index in [0.717, 1.165) is 6.08 Å². The van der Waals surface area contributed by atoms with Gasteiger partial charge in [-0.3, -0.25) is 0 Å². The van der Waals surface area contributed by atoms with Crippen molar-refractivity contribution >= 4 is 11.5 Å². The maximum atomic E-state index is 12.1. The monoisotopic (exact) mass is 248 g/mol. The molecule has 0 aliphatic heterocycles. The van der Waals surface area contributed by atoms with E-state index in [-0.39, 0.29) is 11.1 Å². The van der Waals surface area contributed by atoms with E-state index in [1.165, 1.54) is 6.92 Å². The van der Waals surface area contributed by atoms with Gasteiger partial charge >= 0.3 is 18.0 Å². The van der Waals surface area contributed by atoms with Gasteiger partial charge in [0.25, 0.3) is 0 Å². The fourth-order valence-electron chi connectivity index (χ4n) is 0.857. The summed E-state index contributed by atoms with van der Waals surface area (Å²) in [5.74, 6) is -3.13. The van der Waals surface area contributed by atoms with Gasteiger partial charge in [-0.15, -0.1) is 0 Å². The third-order valence-corrected chi connectivity index (χ3v) is 1.68. The van der Waals surface area contributed by atoms with Gasteiger partial charge in [-0.1, -0.05) is 11.7 Å². The Balaban J connectivity index is 2.96. The van der Waals surface area contributed by atoms with Crippen LogP contribution in [-0.4, -0.2) is 21.2 Å². The molecule has 0 atom stereocenters. The number of allylic oxidation sites excluding steroid dienone is 2. The largest absolute Gasteiger partial charge is 0.478 e. The van der Waals surface area contributed by atoms with Crippen LogP contribution in [0.2, 0.25) is 0 Å². The molecule has 0 spiro atoms. The minimum absolute atomic E-state index is 0.0795. The fraction of sp³-hybridized carbons (Fsp3) is 0.222. The second kappa shape index (κ2) is 4.40. The molecule has 0 aliphatic carbocycles. The lowest BCUT2D eigenvalue weighted by molar-refractivity contribution is -0.159. The quantitative estimate of drug-likeness (QED) is 0.655. The first-order chi connectivity index (χ1) is 7.71. The van der Waals surface area contributed by atoms with Gasteiger partial charge in [0.15, 0.2) is 0 Å². The van der Waals surface area contributed by atoms with Crippen LogP contribution in [0.4, 0.5) is 13.2 Å². The third-order valence-electron chi connectivity index (χ3n) is 1.68. The van der Waals surface area contributed by atoms with Crippen LogP contribution in [0.15, 0.2) is 22.8 Å². The minimum Gasteiger partial charge on any atom is -0.478 e. The molecular formula is C9H7F3N2O3. The van der Waals surface area contributed by atoms with Gasteiger partial charge < -0.3 is 9.63 Å². The van der Waals surface area contributed by atoms with E-state index in [1.807, 2.05) is 0 Å². The average molecular weight is 248 g/mol. The second-order valence-electron chi connectivity index (χ2n) is 3.08. The lowest BCUT2D eigenvalue weighted by atomic mass is 10.2. The Morgan fingerprint density at radius 2 is 2.12 bits per heavy atom. The molecule has 1 N–H and O–H groups in total. The standard InChI is InChI=1S/C9H7F3N2O3/c1-4(3-5(2)7(15)16)6-13-8(17-14-6)9(10,11)12/h3H,1H2,2H3,(H,15,16)/b5-3+. The Morgan fingerprint density at radius 3 is 2.53 bits per heavy atom. The molecular weight excluding hydrogens is 241 g/mol. The summed E-state index contributed by atoms with van der Waals surface area (Å²) in [5.41, 5.74) is -0.183. The maximum absolute atomic E-state index is 12.1. The molecule has 5 nitrogen and oxygen atoms in total. The lowest BCUT2D eigenvalue weighted by Crippen LogP contribution is -2.05. The van der Waals surface area contributed by atoms with E-state index >= 15 is 0 Å². The lowest BCUT2D eigenvalue weighted by Gasteiger charge is -1.96. The van der Waals surface area contributed by atoms with Crippen LogP contribution < -0.4 is 0 Å². The first kappa shape index (κ1) is 12.9. The Kier molecular flexibility index (Phi) is 3.35. The summed E-state index contributed by atoms with van der Waals surface area (Å²) in [6.07, 6.45) is -3.69. The van der Waals surface area contributed by atoms with E-state index in [4.69, 9.17) is 5.11 Å². The molecule has 0 bridgehead atoms. The normalized spacial score (nSPS) is 12.6. The molecule has 0 fully saturated rings. The molecule has 1 aromatic rings. The summed E-state index contributed by atoms with van der Waals surface area (Å²) in [4.78, 5) is 13.5. The molecule has 0 aromatic carbocycles. The van der Waals surface area contributed by atoms with Crippen LogP contribution in [0.5, 0.6) is 0 Å². The highest BCUT2D eigenvalue weighted by Crippen LogP contribution is 2.28. The molecule has 17 heavy (non-hydrogen) atoms. The molecule has 92 valence electrons. The molecule has 0 amide bonds. The first-order valence-electron chi connectivity index (χ1n) is 4.23. The smallest absolute Gasteiger partial charge is 0.471 e. The Morgan fingerprint density at radius 1 is 1.53 bits per heavy atom. The zero-order valence-corrected chi connectivity index (χ0v) is 8.58. The minimum atomic E-state index is -4.74. The van der Waals surface area contributed by atoms with Crippen molar-refractivity contribution in [2.45, 2.75) is 13.1 Å². The number of halogens is 3. The number of hydrogen-bond acceptors (Lipinski definition) is 4. The van der Waals surface area contributed by atoms with Crippen LogP contribution in [-0.2, 0) is 11.0 Å². The van der Waals surface area contributed by atoms with Crippen molar-refractivity contribution in [3.05, 3.63) is 29.9 Å². The summed E-state index contributed by atoms with van der Waals surface area (Å²) in [6, 6.07) is 0. The Hall–Kier alpha value is -2.12. The van der Waals surface area contributed by atoms with E-state index in [1.54, 1.807) is 0 Å². The number of aliphatic carboxylic acids is 1. The highest BCUT2D eigenvalue weighted by atomic mass is 19.4. The number of carbonyl (C=O) groups is 1. The predicted octanol–water partition coefficient (Wildman–Crippen LogP) is 2.13. The van der Waals surface area contributed by atoms with Crippen molar-refractivity contribution in [2.24, 2.45) is 0 Å². The Labute approximate surface area is 93.2 Å². The summed E-state index contributed by atoms with van der Waals surface area (Å²) < 4.78 is 40.3. The number of nitrogens with zero attached hydrogens (tertiary/aromatic N) is 2. The highest BCUT2D eigenvalue weighted by Gasteiger charge is 2.38. The van der Waals surface area contributed by atoms with Crippen LogP contribution in [0.1, 0.15) is 18.6 Å². The number of carboxylic acids is 1. The molecule has 0 radical (unpaired) electrons. The van der Waals surface area contributed by atoms with E-state index < -0.39 is 23.9 Å². The second-order valence-corrected chi connectivity index (χ2v) is 3.08. The summed E-state index contributed by atoms with van der Waals surface area (Å²) in [7, 11) is 0. The molecule has 1 heterocycles. The number of hydrogen-bond donors (Lipinski definition) is 1. The highest BCUT2D eigenvalue weighted by molar-refractivity contribution is 5.89. The molecule has 1 rings (SSSR count). The van der Waals surface area contributed by atoms with Crippen molar-refractivity contribution < 1.29 is 27.6 Å². The summed E-state index contributed by atoms with van der Waals surface area (Å²) in [5, 5.41) is 11.6. The van der Waals surface area contributed by atoms with Crippen molar-refractivity contribution in [2.75, 3.05) is 0 Å². The van der Waals surface area contributed by atoms with Gasteiger partial charge in [0.1, 0.15) is 0 Å². The first-order valence-corrected chi connectivity index (χ1v) is 4.23. The molecule has 0 saturated heterocycles.